The molecule has 9 heteroatoms. The quantitative estimate of drug-likeness (QED) is 0.565. The fourth-order valence-corrected chi connectivity index (χ4v) is 2.78. The van der Waals surface area contributed by atoms with Crippen molar-refractivity contribution in [1.82, 2.24) is 14.8 Å². The molecule has 3 rings (SSSR count). The van der Waals surface area contributed by atoms with Gasteiger partial charge in [0.05, 0.1) is 11.0 Å². The van der Waals surface area contributed by atoms with Gasteiger partial charge in [-0.15, -0.1) is 0 Å². The first-order valence-corrected chi connectivity index (χ1v) is 9.12. The summed E-state index contributed by atoms with van der Waals surface area (Å²) in [5.41, 5.74) is 0.923. The van der Waals surface area contributed by atoms with Crippen molar-refractivity contribution in [1.29, 1.82) is 0 Å². The Balaban J connectivity index is 1.94. The van der Waals surface area contributed by atoms with Crippen molar-refractivity contribution < 1.29 is 13.9 Å². The number of ether oxygens (including phenoxy) is 2. The molecule has 144 valence electrons. The molecule has 1 heterocycles. The minimum absolute atomic E-state index is 0.0605. The van der Waals surface area contributed by atoms with Crippen molar-refractivity contribution in [3.63, 3.8) is 0 Å². The topological polar surface area (TPSA) is 73.5 Å². The summed E-state index contributed by atoms with van der Waals surface area (Å²) in [5, 5.41) is 6.16. The molecule has 0 radical (unpaired) electrons. The van der Waals surface area contributed by atoms with Gasteiger partial charge in [0.1, 0.15) is 12.4 Å². The molecule has 0 atom stereocenters. The van der Waals surface area contributed by atoms with Crippen LogP contribution < -0.4 is 15.2 Å². The van der Waals surface area contributed by atoms with Crippen LogP contribution in [0.15, 0.2) is 39.6 Å². The van der Waals surface area contributed by atoms with Crippen LogP contribution in [0.3, 0.4) is 0 Å². The fraction of sp³-hybridized carbons (Fsp3) is 0.211. The van der Waals surface area contributed by atoms with E-state index in [-0.39, 0.29) is 28.3 Å². The maximum absolute atomic E-state index is 14.7. The largest absolute Gasteiger partial charge is 0.482 e. The number of rotatable bonds is 6. The van der Waals surface area contributed by atoms with Crippen molar-refractivity contribution in [2.75, 3.05) is 0 Å². The molecular formula is C19H16BrFN4O3. The molecule has 0 saturated carbocycles. The average molecular weight is 447 g/mol. The molecule has 0 spiro atoms. The van der Waals surface area contributed by atoms with Crippen LogP contribution in [-0.2, 0) is 20.1 Å². The number of nitrogens with zero attached hydrogens (tertiary/aromatic N) is 3. The van der Waals surface area contributed by atoms with Crippen molar-refractivity contribution in [3.05, 3.63) is 73.9 Å². The SMILES string of the molecule is [C-]#[N+]c1cc(CC)cc(Oc2c(OCc3n[nH]c(=O)n3C)ccc(Br)c2F)c1. The lowest BCUT2D eigenvalue weighted by Gasteiger charge is -2.15. The van der Waals surface area contributed by atoms with Gasteiger partial charge in [0.25, 0.3) is 0 Å². The summed E-state index contributed by atoms with van der Waals surface area (Å²) < 4.78 is 27.6. The second-order valence-corrected chi connectivity index (χ2v) is 6.74. The number of nitrogens with one attached hydrogen (secondary N) is 1. The lowest BCUT2D eigenvalue weighted by Crippen LogP contribution is -2.15. The van der Waals surface area contributed by atoms with Crippen molar-refractivity contribution in [2.45, 2.75) is 20.0 Å². The number of halogens is 2. The van der Waals surface area contributed by atoms with Gasteiger partial charge in [0.2, 0.25) is 5.75 Å². The highest BCUT2D eigenvalue weighted by Gasteiger charge is 2.18. The van der Waals surface area contributed by atoms with Crippen molar-refractivity contribution in [2.24, 2.45) is 7.05 Å². The molecule has 1 aromatic heterocycles. The first kappa shape index (κ1) is 19.6. The molecule has 0 aliphatic rings. The molecule has 0 aliphatic carbocycles. The Hall–Kier alpha value is -3.12. The van der Waals surface area contributed by atoms with Gasteiger partial charge in [-0.05, 0) is 46.6 Å². The van der Waals surface area contributed by atoms with Crippen molar-refractivity contribution >= 4 is 21.6 Å². The van der Waals surface area contributed by atoms with E-state index in [1.54, 1.807) is 25.2 Å². The van der Waals surface area contributed by atoms with Gasteiger partial charge >= 0.3 is 5.69 Å². The van der Waals surface area contributed by atoms with Gasteiger partial charge in [-0.1, -0.05) is 18.6 Å². The van der Waals surface area contributed by atoms with Crippen LogP contribution >= 0.6 is 15.9 Å². The van der Waals surface area contributed by atoms with Gasteiger partial charge in [0, 0.05) is 7.05 Å². The van der Waals surface area contributed by atoms with Gasteiger partial charge in [-0.3, -0.25) is 4.57 Å². The average Bonchev–Trinajstić information content (AvgIpc) is 3.02. The van der Waals surface area contributed by atoms with Crippen molar-refractivity contribution in [3.8, 4) is 17.2 Å². The van der Waals surface area contributed by atoms with Gasteiger partial charge in [-0.25, -0.2) is 19.1 Å². The number of benzene rings is 2. The molecular weight excluding hydrogens is 431 g/mol. The molecule has 3 aromatic rings. The Kier molecular flexibility index (Phi) is 5.80. The Morgan fingerprint density at radius 1 is 1.36 bits per heavy atom. The van der Waals surface area contributed by atoms with E-state index >= 15 is 0 Å². The number of hydrogen-bond acceptors (Lipinski definition) is 4. The Bertz CT molecular complexity index is 1120. The second-order valence-electron chi connectivity index (χ2n) is 5.88. The summed E-state index contributed by atoms with van der Waals surface area (Å²) in [6.45, 7) is 9.11. The van der Waals surface area contributed by atoms with Crippen LogP contribution in [0.1, 0.15) is 18.3 Å². The molecule has 0 unspecified atom stereocenters. The predicted molar refractivity (Wildman–Crippen MR) is 104 cm³/mol. The van der Waals surface area contributed by atoms with Crippen LogP contribution in [-0.4, -0.2) is 14.8 Å². The number of H-pyrrole nitrogens is 1. The van der Waals surface area contributed by atoms with Crippen LogP contribution in [0.4, 0.5) is 10.1 Å². The molecule has 1 N–H and O–H groups in total. The number of hydrogen-bond donors (Lipinski definition) is 1. The zero-order valence-electron chi connectivity index (χ0n) is 15.1. The minimum atomic E-state index is -0.639. The van der Waals surface area contributed by atoms with E-state index in [1.807, 2.05) is 6.92 Å². The number of aromatic nitrogens is 3. The van der Waals surface area contributed by atoms with Crippen LogP contribution in [0.25, 0.3) is 4.85 Å². The number of aromatic amines is 1. The summed E-state index contributed by atoms with van der Waals surface area (Å²) in [6.07, 6.45) is 0.706. The summed E-state index contributed by atoms with van der Waals surface area (Å²) in [5.74, 6) is 0.0584. The standard InChI is InChI=1S/C19H16BrFN4O3/c1-4-11-7-12(22-2)9-13(8-11)28-18-15(6-5-14(20)17(18)21)27-10-16-23-24-19(26)25(16)3/h5-9H,4,10H2,1,3H3,(H,24,26). The van der Waals surface area contributed by atoms with E-state index in [1.165, 1.54) is 16.7 Å². The normalized spacial score (nSPS) is 10.5. The zero-order valence-corrected chi connectivity index (χ0v) is 16.7. The monoisotopic (exact) mass is 446 g/mol. The van der Waals surface area contributed by atoms with E-state index in [0.717, 1.165) is 5.56 Å². The lowest BCUT2D eigenvalue weighted by atomic mass is 10.1. The maximum atomic E-state index is 14.7. The summed E-state index contributed by atoms with van der Waals surface area (Å²) in [4.78, 5) is 14.9. The van der Waals surface area contributed by atoms with E-state index in [9.17, 15) is 9.18 Å². The fourth-order valence-electron chi connectivity index (χ4n) is 2.46. The highest BCUT2D eigenvalue weighted by atomic mass is 79.9. The van der Waals surface area contributed by atoms with Gasteiger partial charge < -0.3 is 9.47 Å². The molecule has 7 nitrogen and oxygen atoms in total. The van der Waals surface area contributed by atoms with Gasteiger partial charge in [0.15, 0.2) is 23.1 Å². The molecule has 0 amide bonds. The third kappa shape index (κ3) is 4.07. The third-order valence-corrected chi connectivity index (χ3v) is 4.66. The van der Waals surface area contributed by atoms with Crippen LogP contribution in [0, 0.1) is 12.4 Å². The molecule has 28 heavy (non-hydrogen) atoms. The van der Waals surface area contributed by atoms with E-state index < -0.39 is 5.82 Å². The lowest BCUT2D eigenvalue weighted by molar-refractivity contribution is 0.274. The molecule has 0 bridgehead atoms. The van der Waals surface area contributed by atoms with Crippen LogP contribution in [0.2, 0.25) is 0 Å². The second kappa shape index (κ2) is 8.27. The molecule has 2 aromatic carbocycles. The van der Waals surface area contributed by atoms with E-state index in [4.69, 9.17) is 16.0 Å². The minimum Gasteiger partial charge on any atom is -0.482 e. The highest BCUT2D eigenvalue weighted by molar-refractivity contribution is 9.10. The Morgan fingerprint density at radius 3 is 2.79 bits per heavy atom. The van der Waals surface area contributed by atoms with Crippen LogP contribution in [0.5, 0.6) is 17.2 Å². The molecule has 0 aliphatic heterocycles. The molecule has 0 fully saturated rings. The third-order valence-electron chi connectivity index (χ3n) is 4.05. The first-order chi connectivity index (χ1) is 13.4. The van der Waals surface area contributed by atoms with E-state index in [0.29, 0.717) is 23.7 Å². The highest BCUT2D eigenvalue weighted by Crippen LogP contribution is 2.39. The maximum Gasteiger partial charge on any atom is 0.343 e. The predicted octanol–water partition coefficient (Wildman–Crippen LogP) is 4.49. The Labute approximate surface area is 168 Å². The summed E-state index contributed by atoms with van der Waals surface area (Å²) in [6, 6.07) is 8.08. The number of aryl methyl sites for hydroxylation is 1. The van der Waals surface area contributed by atoms with E-state index in [2.05, 4.69) is 31.0 Å². The molecule has 0 saturated heterocycles. The summed E-state index contributed by atoms with van der Waals surface area (Å²) >= 11 is 3.14. The summed E-state index contributed by atoms with van der Waals surface area (Å²) in [7, 11) is 1.55. The zero-order chi connectivity index (χ0) is 20.3. The van der Waals surface area contributed by atoms with Gasteiger partial charge in [-0.2, -0.15) is 5.10 Å². The Morgan fingerprint density at radius 2 is 2.14 bits per heavy atom. The first-order valence-electron chi connectivity index (χ1n) is 8.33. The smallest absolute Gasteiger partial charge is 0.343 e.